The van der Waals surface area contributed by atoms with Gasteiger partial charge in [0.25, 0.3) is 0 Å². The first-order valence-corrected chi connectivity index (χ1v) is 5.77. The minimum atomic E-state index is -0.159. The minimum absolute atomic E-state index is 0.159. The largest absolute Gasteiger partial charge is 0.393 e. The van der Waals surface area contributed by atoms with E-state index in [0.717, 1.165) is 6.42 Å². The number of allylic oxidation sites excluding steroid dienone is 3. The van der Waals surface area contributed by atoms with E-state index in [9.17, 15) is 0 Å². The molecular formula is C14H15NS. The predicted molar refractivity (Wildman–Crippen MR) is 73.1 cm³/mol. The molecule has 0 amide bonds. The molecule has 1 aromatic rings. The summed E-state index contributed by atoms with van der Waals surface area (Å²) >= 11 is 5.08. The van der Waals surface area contributed by atoms with Gasteiger partial charge in [-0.2, -0.15) is 0 Å². The summed E-state index contributed by atoms with van der Waals surface area (Å²) in [4.78, 5) is 0.562. The van der Waals surface area contributed by atoms with Gasteiger partial charge in [-0.25, -0.2) is 0 Å². The molecular weight excluding hydrogens is 214 g/mol. The van der Waals surface area contributed by atoms with Crippen molar-refractivity contribution in [2.24, 2.45) is 11.1 Å². The summed E-state index contributed by atoms with van der Waals surface area (Å²) < 4.78 is 0. The van der Waals surface area contributed by atoms with Crippen LogP contribution in [-0.4, -0.2) is 4.99 Å². The average Bonchev–Trinajstić information content (AvgIpc) is 2.31. The third-order valence-electron chi connectivity index (χ3n) is 3.05. The van der Waals surface area contributed by atoms with Crippen LogP contribution in [0, 0.1) is 5.41 Å². The Balaban J connectivity index is 2.23. The Bertz CT molecular complexity index is 459. The van der Waals surface area contributed by atoms with Crippen molar-refractivity contribution in [3.8, 4) is 0 Å². The molecule has 2 rings (SSSR count). The van der Waals surface area contributed by atoms with Crippen LogP contribution >= 0.6 is 12.2 Å². The fraction of sp³-hybridized carbons (Fsp3) is 0.214. The van der Waals surface area contributed by atoms with E-state index in [4.69, 9.17) is 18.0 Å². The van der Waals surface area contributed by atoms with Crippen LogP contribution < -0.4 is 5.73 Å². The summed E-state index contributed by atoms with van der Waals surface area (Å²) in [5.74, 6) is 0. The smallest absolute Gasteiger partial charge is 0.0828 e. The summed E-state index contributed by atoms with van der Waals surface area (Å²) in [6.45, 7) is 2.07. The molecule has 0 fully saturated rings. The first-order valence-electron chi connectivity index (χ1n) is 5.36. The monoisotopic (exact) mass is 229 g/mol. The molecule has 2 N–H and O–H groups in total. The van der Waals surface area contributed by atoms with Crippen LogP contribution in [0.15, 0.2) is 48.6 Å². The number of hydrogen-bond acceptors (Lipinski definition) is 1. The Kier molecular flexibility index (Phi) is 2.92. The molecule has 1 aliphatic rings. The SMILES string of the molecule is CC1(C(N)=S)C=CC(c2ccccc2)=CC1. The van der Waals surface area contributed by atoms with Gasteiger partial charge >= 0.3 is 0 Å². The van der Waals surface area contributed by atoms with Crippen LogP contribution in [0.2, 0.25) is 0 Å². The van der Waals surface area contributed by atoms with Crippen molar-refractivity contribution in [1.29, 1.82) is 0 Å². The Labute approximate surface area is 102 Å². The summed E-state index contributed by atoms with van der Waals surface area (Å²) in [5.41, 5.74) is 8.06. The maximum Gasteiger partial charge on any atom is 0.0828 e. The van der Waals surface area contributed by atoms with Gasteiger partial charge in [-0.05, 0) is 24.5 Å². The van der Waals surface area contributed by atoms with E-state index in [1.54, 1.807) is 0 Å². The van der Waals surface area contributed by atoms with Crippen molar-refractivity contribution in [2.75, 3.05) is 0 Å². The van der Waals surface area contributed by atoms with E-state index in [2.05, 4.69) is 37.3 Å². The fourth-order valence-electron chi connectivity index (χ4n) is 1.76. The molecule has 0 saturated carbocycles. The Morgan fingerprint density at radius 3 is 2.50 bits per heavy atom. The zero-order valence-corrected chi connectivity index (χ0v) is 10.1. The first kappa shape index (κ1) is 11.1. The maximum absolute atomic E-state index is 5.74. The topological polar surface area (TPSA) is 26.0 Å². The molecule has 1 aromatic carbocycles. The molecule has 1 atom stereocenters. The second-order valence-electron chi connectivity index (χ2n) is 4.34. The van der Waals surface area contributed by atoms with Gasteiger partial charge in [0.05, 0.1) is 4.99 Å². The van der Waals surface area contributed by atoms with Crippen molar-refractivity contribution < 1.29 is 0 Å². The van der Waals surface area contributed by atoms with Crippen LogP contribution in [0.4, 0.5) is 0 Å². The van der Waals surface area contributed by atoms with Gasteiger partial charge in [-0.3, -0.25) is 0 Å². The van der Waals surface area contributed by atoms with Crippen molar-refractivity contribution in [3.63, 3.8) is 0 Å². The highest BCUT2D eigenvalue weighted by molar-refractivity contribution is 7.80. The summed E-state index contributed by atoms with van der Waals surface area (Å²) in [5, 5.41) is 0. The molecule has 0 saturated heterocycles. The van der Waals surface area contributed by atoms with Crippen molar-refractivity contribution in [1.82, 2.24) is 0 Å². The van der Waals surface area contributed by atoms with Crippen LogP contribution in [0.3, 0.4) is 0 Å². The van der Waals surface area contributed by atoms with Crippen LogP contribution in [0.25, 0.3) is 5.57 Å². The van der Waals surface area contributed by atoms with Gasteiger partial charge < -0.3 is 5.73 Å². The first-order chi connectivity index (χ1) is 7.62. The number of rotatable bonds is 2. The quantitative estimate of drug-likeness (QED) is 0.787. The lowest BCUT2D eigenvalue weighted by Crippen LogP contribution is -2.31. The Morgan fingerprint density at radius 1 is 1.31 bits per heavy atom. The van der Waals surface area contributed by atoms with Gasteiger partial charge in [-0.1, -0.05) is 60.8 Å². The van der Waals surface area contributed by atoms with E-state index < -0.39 is 0 Å². The van der Waals surface area contributed by atoms with Crippen LogP contribution in [0.1, 0.15) is 18.9 Å². The van der Waals surface area contributed by atoms with E-state index in [-0.39, 0.29) is 5.41 Å². The minimum Gasteiger partial charge on any atom is -0.393 e. The lowest BCUT2D eigenvalue weighted by Gasteiger charge is -2.26. The van der Waals surface area contributed by atoms with Crippen molar-refractivity contribution in [2.45, 2.75) is 13.3 Å². The molecule has 0 aromatic heterocycles. The predicted octanol–water partition coefficient (Wildman–Crippen LogP) is 3.32. The number of hydrogen-bond donors (Lipinski definition) is 1. The molecule has 1 nitrogen and oxygen atoms in total. The normalized spacial score (nSPS) is 23.9. The average molecular weight is 229 g/mol. The lowest BCUT2D eigenvalue weighted by molar-refractivity contribution is 0.607. The second-order valence-corrected chi connectivity index (χ2v) is 4.78. The Hall–Kier alpha value is -1.41. The molecule has 0 radical (unpaired) electrons. The molecule has 16 heavy (non-hydrogen) atoms. The van der Waals surface area contributed by atoms with E-state index in [1.165, 1.54) is 11.1 Å². The molecule has 2 heteroatoms. The van der Waals surface area contributed by atoms with E-state index in [1.807, 2.05) is 18.2 Å². The molecule has 1 unspecified atom stereocenters. The Morgan fingerprint density at radius 2 is 2.00 bits per heavy atom. The molecule has 0 bridgehead atoms. The van der Waals surface area contributed by atoms with Crippen LogP contribution in [-0.2, 0) is 0 Å². The zero-order chi connectivity index (χ0) is 11.6. The zero-order valence-electron chi connectivity index (χ0n) is 9.31. The highest BCUT2D eigenvalue weighted by Crippen LogP contribution is 2.32. The summed E-state index contributed by atoms with van der Waals surface area (Å²) in [7, 11) is 0. The lowest BCUT2D eigenvalue weighted by atomic mass is 9.81. The molecule has 0 spiro atoms. The number of benzene rings is 1. The van der Waals surface area contributed by atoms with Gasteiger partial charge in [0, 0.05) is 5.41 Å². The third kappa shape index (κ3) is 2.07. The third-order valence-corrected chi connectivity index (χ3v) is 3.51. The number of nitrogens with two attached hydrogens (primary N) is 1. The molecule has 1 aliphatic carbocycles. The molecule has 82 valence electrons. The van der Waals surface area contributed by atoms with Gasteiger partial charge in [0.15, 0.2) is 0 Å². The van der Waals surface area contributed by atoms with Gasteiger partial charge in [-0.15, -0.1) is 0 Å². The fourth-order valence-corrected chi connectivity index (χ4v) is 1.91. The summed E-state index contributed by atoms with van der Waals surface area (Å²) in [6.07, 6.45) is 7.30. The van der Waals surface area contributed by atoms with Crippen LogP contribution in [0.5, 0.6) is 0 Å². The highest BCUT2D eigenvalue weighted by Gasteiger charge is 2.25. The second kappa shape index (κ2) is 4.22. The maximum atomic E-state index is 5.74. The van der Waals surface area contributed by atoms with Gasteiger partial charge in [0.2, 0.25) is 0 Å². The molecule has 0 heterocycles. The number of thiocarbonyl (C=S) groups is 1. The van der Waals surface area contributed by atoms with Crippen molar-refractivity contribution >= 4 is 22.8 Å². The molecule has 0 aliphatic heterocycles. The standard InChI is InChI=1S/C14H15NS/c1-14(13(15)16)9-7-12(8-10-14)11-5-3-2-4-6-11/h2-9H,10H2,1H3,(H2,15,16). The highest BCUT2D eigenvalue weighted by atomic mass is 32.1. The van der Waals surface area contributed by atoms with Gasteiger partial charge in [0.1, 0.15) is 0 Å². The van der Waals surface area contributed by atoms with E-state index in [0.29, 0.717) is 4.99 Å². The van der Waals surface area contributed by atoms with Crippen molar-refractivity contribution in [3.05, 3.63) is 54.1 Å². The summed E-state index contributed by atoms with van der Waals surface area (Å²) in [6, 6.07) is 10.3. The van der Waals surface area contributed by atoms with E-state index >= 15 is 0 Å².